The van der Waals surface area contributed by atoms with E-state index in [0.717, 1.165) is 5.56 Å². The second kappa shape index (κ2) is 7.11. The SMILES string of the molecule is N#[N+]c1ccc(CO)cc1.O=S([O-])O. The van der Waals surface area contributed by atoms with Gasteiger partial charge in [-0.1, -0.05) is 0 Å². The summed E-state index contributed by atoms with van der Waals surface area (Å²) in [6.07, 6.45) is 0. The van der Waals surface area contributed by atoms with Gasteiger partial charge in [-0.05, 0) is 17.7 Å². The zero-order valence-corrected chi connectivity index (χ0v) is 7.85. The normalized spacial score (nSPS) is 10.7. The highest BCUT2D eigenvalue weighted by atomic mass is 32.2. The highest BCUT2D eigenvalue weighted by Gasteiger charge is 2.00. The highest BCUT2D eigenvalue weighted by Crippen LogP contribution is 2.11. The summed E-state index contributed by atoms with van der Waals surface area (Å²) in [7, 11) is 0. The fourth-order valence-corrected chi connectivity index (χ4v) is 0.668. The number of diazo groups is 1. The molecular weight excluding hydrogens is 208 g/mol. The summed E-state index contributed by atoms with van der Waals surface area (Å²) in [5.41, 5.74) is 1.31. The highest BCUT2D eigenvalue weighted by molar-refractivity contribution is 7.73. The van der Waals surface area contributed by atoms with E-state index in [1.54, 1.807) is 24.3 Å². The van der Waals surface area contributed by atoms with E-state index >= 15 is 0 Å². The number of aliphatic hydroxyl groups is 1. The first-order chi connectivity index (χ1) is 6.60. The summed E-state index contributed by atoms with van der Waals surface area (Å²) < 4.78 is 24.1. The van der Waals surface area contributed by atoms with Crippen LogP contribution in [0.25, 0.3) is 4.98 Å². The molecule has 0 fully saturated rings. The zero-order valence-electron chi connectivity index (χ0n) is 7.03. The van der Waals surface area contributed by atoms with Crippen molar-refractivity contribution in [1.29, 1.82) is 5.39 Å². The van der Waals surface area contributed by atoms with Gasteiger partial charge in [-0.2, -0.15) is 0 Å². The number of rotatable bonds is 1. The Morgan fingerprint density at radius 1 is 1.43 bits per heavy atom. The lowest BCUT2D eigenvalue weighted by Gasteiger charge is -1.88. The van der Waals surface area contributed by atoms with Crippen LogP contribution in [0.1, 0.15) is 5.56 Å². The van der Waals surface area contributed by atoms with Crippen LogP contribution in [0.5, 0.6) is 0 Å². The summed E-state index contributed by atoms with van der Waals surface area (Å²) in [6.45, 7) is 0.0196. The fourth-order valence-electron chi connectivity index (χ4n) is 0.668. The van der Waals surface area contributed by atoms with Crippen molar-refractivity contribution in [3.8, 4) is 0 Å². The van der Waals surface area contributed by atoms with Gasteiger partial charge in [-0.25, -0.2) is 4.21 Å². The van der Waals surface area contributed by atoms with E-state index in [0.29, 0.717) is 5.69 Å². The summed E-state index contributed by atoms with van der Waals surface area (Å²) in [5.74, 6) is 0. The van der Waals surface area contributed by atoms with E-state index in [1.165, 1.54) is 0 Å². The maximum absolute atomic E-state index is 8.61. The van der Waals surface area contributed by atoms with E-state index in [4.69, 9.17) is 23.8 Å². The van der Waals surface area contributed by atoms with Crippen molar-refractivity contribution in [2.45, 2.75) is 6.61 Å². The van der Waals surface area contributed by atoms with Crippen LogP contribution in [0, 0.1) is 5.39 Å². The summed E-state index contributed by atoms with van der Waals surface area (Å²) in [6, 6.07) is 6.67. The number of hydrogen-bond donors (Lipinski definition) is 2. The van der Waals surface area contributed by atoms with Gasteiger partial charge in [0.1, 0.15) is 0 Å². The Morgan fingerprint density at radius 2 is 1.86 bits per heavy atom. The van der Waals surface area contributed by atoms with E-state index in [-0.39, 0.29) is 6.61 Å². The smallest absolute Gasteiger partial charge is 0.385 e. The Bertz CT molecular complexity index is 329. The Kier molecular flexibility index (Phi) is 6.43. The Morgan fingerprint density at radius 3 is 2.14 bits per heavy atom. The number of nitrogens with zero attached hydrogens (tertiary/aromatic N) is 2. The lowest BCUT2D eigenvalue weighted by molar-refractivity contribution is 0.282. The maximum atomic E-state index is 8.61. The van der Waals surface area contributed by atoms with Crippen molar-refractivity contribution in [2.24, 2.45) is 0 Å². The molecule has 0 amide bonds. The van der Waals surface area contributed by atoms with Crippen molar-refractivity contribution in [2.75, 3.05) is 0 Å². The molecule has 0 aromatic heterocycles. The van der Waals surface area contributed by atoms with Crippen LogP contribution in [0.2, 0.25) is 0 Å². The lowest BCUT2D eigenvalue weighted by Crippen LogP contribution is -1.78. The zero-order chi connectivity index (χ0) is 11.0. The van der Waals surface area contributed by atoms with E-state index < -0.39 is 11.4 Å². The second-order valence-corrected chi connectivity index (χ2v) is 2.58. The molecule has 1 unspecified atom stereocenters. The van der Waals surface area contributed by atoms with Crippen molar-refractivity contribution in [3.05, 3.63) is 34.8 Å². The van der Waals surface area contributed by atoms with Crippen molar-refractivity contribution in [1.82, 2.24) is 0 Å². The number of hydrogen-bond acceptors (Lipinski definition) is 4. The minimum Gasteiger partial charge on any atom is -0.750 e. The largest absolute Gasteiger partial charge is 0.750 e. The molecule has 0 aliphatic rings. The molecule has 14 heavy (non-hydrogen) atoms. The van der Waals surface area contributed by atoms with Crippen LogP contribution < -0.4 is 0 Å². The average Bonchev–Trinajstić information content (AvgIpc) is 2.17. The molecule has 0 saturated carbocycles. The van der Waals surface area contributed by atoms with Gasteiger partial charge < -0.3 is 14.2 Å². The van der Waals surface area contributed by atoms with Gasteiger partial charge in [0.05, 0.1) is 18.0 Å². The lowest BCUT2D eigenvalue weighted by atomic mass is 10.2. The minimum atomic E-state index is -2.86. The molecule has 0 aliphatic carbocycles. The van der Waals surface area contributed by atoms with Crippen LogP contribution in [0.3, 0.4) is 0 Å². The van der Waals surface area contributed by atoms with Crippen LogP contribution in [0.4, 0.5) is 5.69 Å². The molecule has 0 bridgehead atoms. The number of benzene rings is 1. The monoisotopic (exact) mass is 216 g/mol. The first kappa shape index (κ1) is 12.7. The van der Waals surface area contributed by atoms with E-state index in [9.17, 15) is 0 Å². The third-order valence-corrected chi connectivity index (χ3v) is 1.23. The first-order valence-corrected chi connectivity index (χ1v) is 4.46. The van der Waals surface area contributed by atoms with Crippen LogP contribution in [0.15, 0.2) is 24.3 Å². The predicted molar refractivity (Wildman–Crippen MR) is 48.7 cm³/mol. The molecular formula is C7H8N2O4S. The molecule has 1 rings (SSSR count). The van der Waals surface area contributed by atoms with Gasteiger partial charge in [-0.3, -0.25) is 0 Å². The van der Waals surface area contributed by atoms with Crippen molar-refractivity contribution in [3.63, 3.8) is 0 Å². The molecule has 0 spiro atoms. The van der Waals surface area contributed by atoms with Gasteiger partial charge >= 0.3 is 5.69 Å². The number of aliphatic hydroxyl groups excluding tert-OH is 1. The van der Waals surface area contributed by atoms with Crippen LogP contribution in [-0.2, 0) is 18.0 Å². The van der Waals surface area contributed by atoms with E-state index in [2.05, 4.69) is 4.98 Å². The third kappa shape index (κ3) is 6.22. The fraction of sp³-hybridized carbons (Fsp3) is 0.143. The van der Waals surface area contributed by atoms with Gasteiger partial charge in [0.15, 0.2) is 4.98 Å². The van der Waals surface area contributed by atoms with E-state index in [1.807, 2.05) is 0 Å². The standard InChI is InChI=1S/C7H7N2O.H2O3S/c8-9-7-3-1-6(5-10)2-4-7;1-4(2)3/h1-4,10H,5H2;(H2,1,2,3)/q+1;/p-1. The van der Waals surface area contributed by atoms with Crippen LogP contribution in [-0.4, -0.2) is 18.4 Å². The minimum absolute atomic E-state index is 0.0196. The Balaban J connectivity index is 0.000000364. The third-order valence-electron chi connectivity index (χ3n) is 1.23. The molecule has 1 aromatic rings. The summed E-state index contributed by atoms with van der Waals surface area (Å²) >= 11 is -2.86. The quantitative estimate of drug-likeness (QED) is 0.537. The Labute approximate surface area is 82.9 Å². The average molecular weight is 216 g/mol. The molecule has 0 saturated heterocycles. The van der Waals surface area contributed by atoms with Crippen molar-refractivity contribution >= 4 is 17.0 Å². The second-order valence-electron chi connectivity index (χ2n) is 2.14. The molecule has 0 aliphatic heterocycles. The maximum Gasteiger partial charge on any atom is 0.385 e. The van der Waals surface area contributed by atoms with Gasteiger partial charge in [0.2, 0.25) is 5.39 Å². The van der Waals surface area contributed by atoms with Gasteiger partial charge in [-0.15, -0.1) is 0 Å². The molecule has 1 aromatic carbocycles. The predicted octanol–water partition coefficient (Wildman–Crippen LogP) is 1.00. The molecule has 0 heterocycles. The van der Waals surface area contributed by atoms with Crippen molar-refractivity contribution < 1.29 is 18.4 Å². The van der Waals surface area contributed by atoms with Gasteiger partial charge in [0, 0.05) is 12.1 Å². The Hall–Kier alpha value is -1.33. The molecule has 2 N–H and O–H groups in total. The topological polar surface area (TPSA) is 109 Å². The molecule has 0 radical (unpaired) electrons. The molecule has 1 atom stereocenters. The first-order valence-electron chi connectivity index (χ1n) is 3.43. The molecule has 76 valence electrons. The van der Waals surface area contributed by atoms with Gasteiger partial charge in [0.25, 0.3) is 0 Å². The summed E-state index contributed by atoms with van der Waals surface area (Å²) in [5, 5.41) is 16.9. The summed E-state index contributed by atoms with van der Waals surface area (Å²) in [4.78, 5) is 2.96. The van der Waals surface area contributed by atoms with Crippen LogP contribution >= 0.6 is 0 Å². The molecule has 7 heteroatoms. The molecule has 6 nitrogen and oxygen atoms in total.